The summed E-state index contributed by atoms with van der Waals surface area (Å²) in [5.74, 6) is 1.14. The van der Waals surface area contributed by atoms with E-state index >= 15 is 0 Å². The van der Waals surface area contributed by atoms with Crippen molar-refractivity contribution in [3.05, 3.63) is 24.0 Å². The Morgan fingerprint density at radius 1 is 1.40 bits per heavy atom. The van der Waals surface area contributed by atoms with E-state index in [-0.39, 0.29) is 0 Å². The molecule has 108 valence electrons. The molecule has 0 bridgehead atoms. The molecule has 0 aliphatic carbocycles. The number of rotatable bonds is 4. The van der Waals surface area contributed by atoms with E-state index in [1.807, 2.05) is 12.1 Å². The van der Waals surface area contributed by atoms with E-state index in [1.165, 1.54) is 24.8 Å². The zero-order valence-electron chi connectivity index (χ0n) is 12.1. The summed E-state index contributed by atoms with van der Waals surface area (Å²) >= 11 is 0. The third-order valence-corrected chi connectivity index (χ3v) is 4.12. The van der Waals surface area contributed by atoms with Crippen molar-refractivity contribution >= 4 is 16.7 Å². The first kappa shape index (κ1) is 13.4. The molecule has 0 saturated carbocycles. The number of fused-ring (bicyclic) bond motifs is 1. The van der Waals surface area contributed by atoms with Crippen molar-refractivity contribution in [2.45, 2.75) is 51.7 Å². The van der Waals surface area contributed by atoms with Gasteiger partial charge in [-0.1, -0.05) is 6.92 Å². The van der Waals surface area contributed by atoms with Crippen LogP contribution in [0.4, 0.5) is 5.69 Å². The van der Waals surface area contributed by atoms with E-state index in [0.717, 1.165) is 43.0 Å². The fourth-order valence-corrected chi connectivity index (χ4v) is 3.02. The van der Waals surface area contributed by atoms with Crippen LogP contribution in [-0.4, -0.2) is 22.3 Å². The first-order valence-corrected chi connectivity index (χ1v) is 7.64. The molecule has 1 atom stereocenters. The Kier molecular flexibility index (Phi) is 3.92. The smallest absolute Gasteiger partial charge is 0.109 e. The largest absolute Gasteiger partial charge is 0.399 e. The van der Waals surface area contributed by atoms with E-state index in [9.17, 15) is 0 Å². The van der Waals surface area contributed by atoms with Crippen LogP contribution < -0.4 is 5.73 Å². The summed E-state index contributed by atoms with van der Waals surface area (Å²) in [6.45, 7) is 4.05. The van der Waals surface area contributed by atoms with Gasteiger partial charge in [0.1, 0.15) is 5.82 Å². The molecule has 3 rings (SSSR count). The highest BCUT2D eigenvalue weighted by Gasteiger charge is 2.16. The molecule has 0 spiro atoms. The third-order valence-electron chi connectivity index (χ3n) is 4.12. The molecule has 0 radical (unpaired) electrons. The van der Waals surface area contributed by atoms with Gasteiger partial charge in [0.15, 0.2) is 0 Å². The zero-order chi connectivity index (χ0) is 13.9. The van der Waals surface area contributed by atoms with Crippen molar-refractivity contribution in [1.82, 2.24) is 9.55 Å². The second kappa shape index (κ2) is 5.83. The molecule has 20 heavy (non-hydrogen) atoms. The molecule has 2 aromatic rings. The van der Waals surface area contributed by atoms with Gasteiger partial charge in [0.05, 0.1) is 17.1 Å². The molecule has 4 nitrogen and oxygen atoms in total. The molecule has 1 unspecified atom stereocenters. The second-order valence-electron chi connectivity index (χ2n) is 5.56. The molecule has 2 heterocycles. The first-order chi connectivity index (χ1) is 9.78. The monoisotopic (exact) mass is 273 g/mol. The number of hydrogen-bond acceptors (Lipinski definition) is 3. The van der Waals surface area contributed by atoms with Gasteiger partial charge < -0.3 is 15.0 Å². The minimum atomic E-state index is 0.416. The zero-order valence-corrected chi connectivity index (χ0v) is 12.1. The lowest BCUT2D eigenvalue weighted by molar-refractivity contribution is 0.00887. The predicted octanol–water partition coefficient (Wildman–Crippen LogP) is 3.14. The van der Waals surface area contributed by atoms with Gasteiger partial charge in [0, 0.05) is 25.3 Å². The number of hydrogen-bond donors (Lipinski definition) is 1. The highest BCUT2D eigenvalue weighted by molar-refractivity contribution is 5.79. The second-order valence-corrected chi connectivity index (χ2v) is 5.56. The highest BCUT2D eigenvalue weighted by Crippen LogP contribution is 2.22. The maximum Gasteiger partial charge on any atom is 0.109 e. The number of aromatic nitrogens is 2. The van der Waals surface area contributed by atoms with E-state index in [4.69, 9.17) is 15.5 Å². The first-order valence-electron chi connectivity index (χ1n) is 7.64. The van der Waals surface area contributed by atoms with Crippen molar-refractivity contribution in [3.63, 3.8) is 0 Å². The van der Waals surface area contributed by atoms with Gasteiger partial charge in [0.2, 0.25) is 0 Å². The van der Waals surface area contributed by atoms with Crippen LogP contribution in [0.5, 0.6) is 0 Å². The number of nitrogens with two attached hydrogens (primary N) is 1. The molecule has 1 fully saturated rings. The molecule has 1 saturated heterocycles. The molecular weight excluding hydrogens is 250 g/mol. The van der Waals surface area contributed by atoms with Gasteiger partial charge in [-0.15, -0.1) is 0 Å². The lowest BCUT2D eigenvalue weighted by atomic mass is 10.1. The summed E-state index contributed by atoms with van der Waals surface area (Å²) in [6.07, 6.45) is 6.14. The normalized spacial score (nSPS) is 19.6. The van der Waals surface area contributed by atoms with Gasteiger partial charge in [-0.25, -0.2) is 4.98 Å². The number of anilines is 1. The van der Waals surface area contributed by atoms with Gasteiger partial charge in [-0.3, -0.25) is 0 Å². The van der Waals surface area contributed by atoms with Crippen LogP contribution in [0.15, 0.2) is 18.2 Å². The lowest BCUT2D eigenvalue weighted by Crippen LogP contribution is -2.21. The van der Waals surface area contributed by atoms with Crippen LogP contribution >= 0.6 is 0 Å². The van der Waals surface area contributed by atoms with Crippen LogP contribution in [0.2, 0.25) is 0 Å². The number of nitrogens with zero attached hydrogens (tertiary/aromatic N) is 2. The van der Waals surface area contributed by atoms with E-state index < -0.39 is 0 Å². The summed E-state index contributed by atoms with van der Waals surface area (Å²) < 4.78 is 8.15. The van der Waals surface area contributed by atoms with E-state index in [2.05, 4.69) is 17.6 Å². The molecular formula is C16H23N3O. The quantitative estimate of drug-likeness (QED) is 0.871. The minimum absolute atomic E-state index is 0.416. The summed E-state index contributed by atoms with van der Waals surface area (Å²) in [6, 6.07) is 6.00. The Morgan fingerprint density at radius 2 is 2.30 bits per heavy atom. The maximum absolute atomic E-state index is 5.85. The SMILES string of the molecule is CCc1nc2cc(N)ccc2n1CCC1CCCCO1. The van der Waals surface area contributed by atoms with Crippen LogP contribution in [0.3, 0.4) is 0 Å². The average Bonchev–Trinajstić information content (AvgIpc) is 2.83. The van der Waals surface area contributed by atoms with Crippen molar-refractivity contribution in [2.75, 3.05) is 12.3 Å². The summed E-state index contributed by atoms with van der Waals surface area (Å²) in [4.78, 5) is 4.70. The van der Waals surface area contributed by atoms with Crippen LogP contribution in [-0.2, 0) is 17.7 Å². The topological polar surface area (TPSA) is 53.1 Å². The predicted molar refractivity (Wildman–Crippen MR) is 81.7 cm³/mol. The molecule has 1 aromatic heterocycles. The summed E-state index contributed by atoms with van der Waals surface area (Å²) in [7, 11) is 0. The van der Waals surface area contributed by atoms with E-state index in [0.29, 0.717) is 6.10 Å². The highest BCUT2D eigenvalue weighted by atomic mass is 16.5. The Bertz CT molecular complexity index is 585. The van der Waals surface area contributed by atoms with Crippen LogP contribution in [0.1, 0.15) is 38.4 Å². The summed E-state index contributed by atoms with van der Waals surface area (Å²) in [5, 5.41) is 0. The minimum Gasteiger partial charge on any atom is -0.399 e. The van der Waals surface area contributed by atoms with Crippen molar-refractivity contribution in [2.24, 2.45) is 0 Å². The van der Waals surface area contributed by atoms with Gasteiger partial charge in [-0.05, 0) is 43.9 Å². The Labute approximate surface area is 119 Å². The van der Waals surface area contributed by atoms with Crippen LogP contribution in [0.25, 0.3) is 11.0 Å². The number of imidazole rings is 1. The maximum atomic E-state index is 5.85. The molecule has 2 N–H and O–H groups in total. The molecule has 0 amide bonds. The van der Waals surface area contributed by atoms with Gasteiger partial charge >= 0.3 is 0 Å². The van der Waals surface area contributed by atoms with Crippen molar-refractivity contribution in [1.29, 1.82) is 0 Å². The number of nitrogen functional groups attached to an aromatic ring is 1. The fraction of sp³-hybridized carbons (Fsp3) is 0.562. The number of aryl methyl sites for hydroxylation is 2. The Balaban J connectivity index is 1.81. The van der Waals surface area contributed by atoms with Gasteiger partial charge in [-0.2, -0.15) is 0 Å². The molecule has 1 aromatic carbocycles. The molecule has 1 aliphatic heterocycles. The van der Waals surface area contributed by atoms with Crippen molar-refractivity contribution in [3.8, 4) is 0 Å². The number of ether oxygens (including phenoxy) is 1. The fourth-order valence-electron chi connectivity index (χ4n) is 3.02. The van der Waals surface area contributed by atoms with E-state index in [1.54, 1.807) is 0 Å². The third kappa shape index (κ3) is 2.66. The Hall–Kier alpha value is -1.55. The standard InChI is InChI=1S/C16H23N3O/c1-2-16-18-14-11-12(17)6-7-15(14)19(16)9-8-13-5-3-4-10-20-13/h6-7,11,13H,2-5,8-10,17H2,1H3. The molecule has 4 heteroatoms. The average molecular weight is 273 g/mol. The number of benzene rings is 1. The van der Waals surface area contributed by atoms with Crippen LogP contribution in [0, 0.1) is 0 Å². The molecule has 1 aliphatic rings. The van der Waals surface area contributed by atoms with Crippen molar-refractivity contribution < 1.29 is 4.74 Å². The lowest BCUT2D eigenvalue weighted by Gasteiger charge is -2.23. The van der Waals surface area contributed by atoms with Gasteiger partial charge in [0.25, 0.3) is 0 Å². The summed E-state index contributed by atoms with van der Waals surface area (Å²) in [5.41, 5.74) is 8.82. The Morgan fingerprint density at radius 3 is 3.05 bits per heavy atom.